The maximum absolute atomic E-state index is 2.39. The molecule has 0 fully saturated rings. The van der Waals surface area contributed by atoms with E-state index in [2.05, 4.69) is 219 Å². The fraction of sp³-hybridized carbons (Fsp3) is 0.0833. The van der Waals surface area contributed by atoms with Crippen molar-refractivity contribution < 1.29 is 0 Å². The van der Waals surface area contributed by atoms with Gasteiger partial charge in [0.15, 0.2) is 0 Å². The van der Waals surface area contributed by atoms with Crippen molar-refractivity contribution in [2.45, 2.75) is 26.2 Å². The van der Waals surface area contributed by atoms with Crippen LogP contribution in [0.3, 0.4) is 0 Å². The van der Waals surface area contributed by atoms with Gasteiger partial charge in [-0.3, -0.25) is 0 Å². The minimum absolute atomic E-state index is 0.0604. The molecular weight excluding hydrogens is 605 g/mol. The molecule has 0 saturated carbocycles. The maximum atomic E-state index is 2.39. The lowest BCUT2D eigenvalue weighted by molar-refractivity contribution is 0.660. The van der Waals surface area contributed by atoms with Gasteiger partial charge in [0, 0.05) is 39.5 Å². The van der Waals surface area contributed by atoms with Gasteiger partial charge in [0.25, 0.3) is 0 Å². The summed E-state index contributed by atoms with van der Waals surface area (Å²) in [4.78, 5) is 4.66. The van der Waals surface area contributed by atoms with Gasteiger partial charge >= 0.3 is 0 Å². The number of nitrogens with zero attached hydrogens (tertiary/aromatic N) is 2. The van der Waals surface area contributed by atoms with Gasteiger partial charge in [0.2, 0.25) is 0 Å². The molecule has 0 atom stereocenters. The standard InChI is InChI=1S/C48H40N2/c1-35-18-26-40(27-19-35)50(43-32-33-45-44-16-10-11-17-46(44)48(2,3)47(45)34-43)42-30-24-37(25-31-42)21-20-36-22-28-41(29-23-36)49(38-12-6-4-7-13-38)39-14-8-5-9-15-39/h4-34H,1-3H3/b21-20+. The molecule has 2 nitrogen and oxygen atoms in total. The number of fused-ring (bicyclic) bond motifs is 3. The summed E-state index contributed by atoms with van der Waals surface area (Å²) in [6.07, 6.45) is 4.38. The first-order valence-corrected chi connectivity index (χ1v) is 17.4. The smallest absolute Gasteiger partial charge is 0.0465 e. The molecule has 0 unspecified atom stereocenters. The highest BCUT2D eigenvalue weighted by molar-refractivity contribution is 5.86. The molecule has 1 aliphatic carbocycles. The van der Waals surface area contributed by atoms with Crippen molar-refractivity contribution in [3.8, 4) is 11.1 Å². The lowest BCUT2D eigenvalue weighted by atomic mass is 9.82. The van der Waals surface area contributed by atoms with Crippen LogP contribution in [0.15, 0.2) is 176 Å². The topological polar surface area (TPSA) is 6.48 Å². The SMILES string of the molecule is Cc1ccc(N(c2ccc(/C=C/c3ccc(N(c4ccccc4)c4ccccc4)cc3)cc2)c2ccc3c(c2)C(C)(C)c2ccccc2-3)cc1. The van der Waals surface area contributed by atoms with Crippen molar-refractivity contribution >= 4 is 46.3 Å². The molecule has 0 N–H and O–H groups in total. The van der Waals surface area contributed by atoms with Crippen molar-refractivity contribution in [2.24, 2.45) is 0 Å². The first kappa shape index (κ1) is 31.2. The summed E-state index contributed by atoms with van der Waals surface area (Å²) in [6, 6.07) is 63.3. The summed E-state index contributed by atoms with van der Waals surface area (Å²) >= 11 is 0. The van der Waals surface area contributed by atoms with Crippen LogP contribution in [0.1, 0.15) is 41.7 Å². The number of anilines is 6. The average Bonchev–Trinajstić information content (AvgIpc) is 3.39. The van der Waals surface area contributed by atoms with Gasteiger partial charge in [-0.1, -0.05) is 135 Å². The van der Waals surface area contributed by atoms with E-state index in [0.717, 1.165) is 45.3 Å². The zero-order valence-corrected chi connectivity index (χ0v) is 28.8. The van der Waals surface area contributed by atoms with Gasteiger partial charge in [-0.25, -0.2) is 0 Å². The fourth-order valence-corrected chi connectivity index (χ4v) is 7.24. The minimum Gasteiger partial charge on any atom is -0.311 e. The second kappa shape index (κ2) is 13.1. The molecule has 0 aliphatic heterocycles. The van der Waals surface area contributed by atoms with Crippen molar-refractivity contribution in [3.05, 3.63) is 204 Å². The van der Waals surface area contributed by atoms with E-state index in [-0.39, 0.29) is 5.41 Å². The van der Waals surface area contributed by atoms with E-state index < -0.39 is 0 Å². The Kier molecular flexibility index (Phi) is 8.14. The van der Waals surface area contributed by atoms with E-state index in [9.17, 15) is 0 Å². The molecule has 0 radical (unpaired) electrons. The van der Waals surface area contributed by atoms with Crippen LogP contribution < -0.4 is 9.80 Å². The Balaban J connectivity index is 1.07. The van der Waals surface area contributed by atoms with Crippen LogP contribution in [0.25, 0.3) is 23.3 Å². The van der Waals surface area contributed by atoms with Crippen LogP contribution >= 0.6 is 0 Å². The summed E-state index contributed by atoms with van der Waals surface area (Å²) in [6.45, 7) is 6.82. The molecule has 0 saturated heterocycles. The zero-order valence-electron chi connectivity index (χ0n) is 28.8. The Morgan fingerprint density at radius 3 is 1.32 bits per heavy atom. The second-order valence-corrected chi connectivity index (χ2v) is 13.6. The van der Waals surface area contributed by atoms with Crippen molar-refractivity contribution in [1.29, 1.82) is 0 Å². The fourth-order valence-electron chi connectivity index (χ4n) is 7.24. The number of benzene rings is 7. The van der Waals surface area contributed by atoms with Gasteiger partial charge < -0.3 is 9.80 Å². The van der Waals surface area contributed by atoms with Crippen LogP contribution in [0.2, 0.25) is 0 Å². The van der Waals surface area contributed by atoms with Gasteiger partial charge in [0.05, 0.1) is 0 Å². The van der Waals surface area contributed by atoms with Gasteiger partial charge in [0.1, 0.15) is 0 Å². The van der Waals surface area contributed by atoms with Crippen molar-refractivity contribution in [1.82, 2.24) is 0 Å². The summed E-state index contributed by atoms with van der Waals surface area (Å²) in [7, 11) is 0. The Labute approximate surface area is 296 Å². The van der Waals surface area contributed by atoms with Crippen molar-refractivity contribution in [3.63, 3.8) is 0 Å². The van der Waals surface area contributed by atoms with Crippen molar-refractivity contribution in [2.75, 3.05) is 9.80 Å². The molecule has 1 aliphatic rings. The van der Waals surface area contributed by atoms with Crippen LogP contribution in [0, 0.1) is 6.92 Å². The molecule has 7 aromatic rings. The summed E-state index contributed by atoms with van der Waals surface area (Å²) < 4.78 is 0. The Morgan fingerprint density at radius 1 is 0.380 bits per heavy atom. The van der Waals surface area contributed by atoms with Crippen LogP contribution in [-0.2, 0) is 5.41 Å². The molecule has 0 aromatic heterocycles. The van der Waals surface area contributed by atoms with Crippen LogP contribution in [-0.4, -0.2) is 0 Å². The molecule has 7 aromatic carbocycles. The molecule has 0 spiro atoms. The third-order valence-corrected chi connectivity index (χ3v) is 9.92. The predicted octanol–water partition coefficient (Wildman–Crippen LogP) is 13.4. The molecule has 8 rings (SSSR count). The number of hydrogen-bond acceptors (Lipinski definition) is 2. The second-order valence-electron chi connectivity index (χ2n) is 13.6. The van der Waals surface area contributed by atoms with E-state index in [4.69, 9.17) is 0 Å². The Morgan fingerprint density at radius 2 is 0.780 bits per heavy atom. The molecule has 0 bridgehead atoms. The number of aryl methyl sites for hydroxylation is 1. The highest BCUT2D eigenvalue weighted by Crippen LogP contribution is 2.50. The Hall–Kier alpha value is -6.12. The monoisotopic (exact) mass is 644 g/mol. The highest BCUT2D eigenvalue weighted by atomic mass is 15.1. The lowest BCUT2D eigenvalue weighted by Gasteiger charge is -2.28. The molecule has 50 heavy (non-hydrogen) atoms. The normalized spacial score (nSPS) is 12.8. The summed E-state index contributed by atoms with van der Waals surface area (Å²) in [5.74, 6) is 0. The molecule has 0 amide bonds. The number of rotatable bonds is 8. The molecule has 242 valence electrons. The van der Waals surface area contributed by atoms with Gasteiger partial charge in [-0.05, 0) is 113 Å². The largest absolute Gasteiger partial charge is 0.311 e. The Bertz CT molecular complexity index is 2230. The molecular formula is C48H40N2. The lowest BCUT2D eigenvalue weighted by Crippen LogP contribution is -2.16. The van der Waals surface area contributed by atoms with Crippen LogP contribution in [0.4, 0.5) is 34.1 Å². The van der Waals surface area contributed by atoms with E-state index in [1.807, 2.05) is 0 Å². The van der Waals surface area contributed by atoms with Gasteiger partial charge in [-0.15, -0.1) is 0 Å². The molecule has 0 heterocycles. The van der Waals surface area contributed by atoms with E-state index in [1.54, 1.807) is 0 Å². The van der Waals surface area contributed by atoms with E-state index in [0.29, 0.717) is 0 Å². The van der Waals surface area contributed by atoms with Gasteiger partial charge in [-0.2, -0.15) is 0 Å². The number of para-hydroxylation sites is 2. The predicted molar refractivity (Wildman–Crippen MR) is 213 cm³/mol. The third kappa shape index (κ3) is 5.90. The zero-order chi connectivity index (χ0) is 34.1. The number of hydrogen-bond donors (Lipinski definition) is 0. The third-order valence-electron chi connectivity index (χ3n) is 9.92. The first-order valence-electron chi connectivity index (χ1n) is 17.4. The average molecular weight is 645 g/mol. The van der Waals surface area contributed by atoms with E-state index in [1.165, 1.54) is 27.8 Å². The highest BCUT2D eigenvalue weighted by Gasteiger charge is 2.35. The van der Waals surface area contributed by atoms with E-state index >= 15 is 0 Å². The first-order chi connectivity index (χ1) is 24.5. The summed E-state index contributed by atoms with van der Waals surface area (Å²) in [5, 5.41) is 0. The maximum Gasteiger partial charge on any atom is 0.0465 e. The van der Waals surface area contributed by atoms with Crippen LogP contribution in [0.5, 0.6) is 0 Å². The summed E-state index contributed by atoms with van der Waals surface area (Å²) in [5.41, 5.74) is 15.8. The molecule has 2 heteroatoms. The minimum atomic E-state index is -0.0604. The quantitative estimate of drug-likeness (QED) is 0.152.